The zero-order valence-corrected chi connectivity index (χ0v) is 14.9. The van der Waals surface area contributed by atoms with Crippen molar-refractivity contribution in [2.75, 3.05) is 6.54 Å². The van der Waals surface area contributed by atoms with Crippen molar-refractivity contribution in [2.45, 2.75) is 25.4 Å². The molecule has 0 amide bonds. The number of halogens is 1. The minimum atomic E-state index is -0.0152. The highest BCUT2D eigenvalue weighted by Crippen LogP contribution is 2.25. The van der Waals surface area contributed by atoms with E-state index in [1.807, 2.05) is 18.3 Å². The number of nitrogens with zero attached hydrogens (tertiary/aromatic N) is 4. The summed E-state index contributed by atoms with van der Waals surface area (Å²) in [5.41, 5.74) is 13.0. The predicted molar refractivity (Wildman–Crippen MR) is 101 cm³/mol. The van der Waals surface area contributed by atoms with E-state index in [-0.39, 0.29) is 12.0 Å². The van der Waals surface area contributed by atoms with Crippen LogP contribution in [0, 0.1) is 0 Å². The molecule has 1 fully saturated rings. The normalized spacial score (nSPS) is 18.3. The fourth-order valence-electron chi connectivity index (χ4n) is 3.03. The molecule has 1 aliphatic rings. The second kappa shape index (κ2) is 7.63. The number of rotatable bonds is 5. The van der Waals surface area contributed by atoms with Crippen molar-refractivity contribution in [3.05, 3.63) is 52.8 Å². The number of nitrogens with two attached hydrogens (primary N) is 2. The standard InChI is InChI=1S/C17H21BrN6/c18-15-7-1-2-8-16(15)24-10-4-6-14(24)12-23-9-3-5-13(23)11-21-22-17(19)20/h1-2,4,6-8,10-11,13H,3,5,9,12H2,(H4,19,20,22)/b21-11+. The SMILES string of the molecule is NC(N)=N/N=C/C1CCCN1Cc1cccn1-c1ccccc1Br. The Morgan fingerprint density at radius 3 is 2.88 bits per heavy atom. The molecule has 0 radical (unpaired) electrons. The largest absolute Gasteiger partial charge is 0.369 e. The third-order valence-electron chi connectivity index (χ3n) is 4.14. The highest BCUT2D eigenvalue weighted by molar-refractivity contribution is 9.10. The van der Waals surface area contributed by atoms with Crippen molar-refractivity contribution in [3.63, 3.8) is 0 Å². The van der Waals surface area contributed by atoms with Gasteiger partial charge in [0.15, 0.2) is 0 Å². The Labute approximate surface area is 150 Å². The summed E-state index contributed by atoms with van der Waals surface area (Å²) in [5, 5.41) is 7.68. The van der Waals surface area contributed by atoms with E-state index in [1.165, 1.54) is 5.69 Å². The van der Waals surface area contributed by atoms with Crippen LogP contribution >= 0.6 is 15.9 Å². The third kappa shape index (κ3) is 3.85. The van der Waals surface area contributed by atoms with Gasteiger partial charge in [0, 0.05) is 35.2 Å². The molecule has 7 heteroatoms. The van der Waals surface area contributed by atoms with E-state index in [0.717, 1.165) is 36.1 Å². The second-order valence-electron chi connectivity index (χ2n) is 5.79. The van der Waals surface area contributed by atoms with Crippen LogP contribution in [0.15, 0.2) is 57.3 Å². The minimum Gasteiger partial charge on any atom is -0.369 e. The first-order valence-corrected chi connectivity index (χ1v) is 8.72. The van der Waals surface area contributed by atoms with Gasteiger partial charge in [-0.25, -0.2) is 0 Å². The summed E-state index contributed by atoms with van der Waals surface area (Å²) in [6.07, 6.45) is 6.14. The fraction of sp³-hybridized carbons (Fsp3) is 0.294. The van der Waals surface area contributed by atoms with Crippen LogP contribution in [0.1, 0.15) is 18.5 Å². The average Bonchev–Trinajstić information content (AvgIpc) is 3.18. The van der Waals surface area contributed by atoms with Crippen LogP contribution < -0.4 is 11.5 Å². The molecule has 1 aliphatic heterocycles. The lowest BCUT2D eigenvalue weighted by Crippen LogP contribution is -2.31. The Balaban J connectivity index is 1.77. The second-order valence-corrected chi connectivity index (χ2v) is 6.64. The van der Waals surface area contributed by atoms with Crippen LogP contribution in [0.5, 0.6) is 0 Å². The average molecular weight is 389 g/mol. The molecule has 0 saturated carbocycles. The molecule has 1 saturated heterocycles. The summed E-state index contributed by atoms with van der Waals surface area (Å²) in [4.78, 5) is 2.40. The quantitative estimate of drug-likeness (QED) is 0.468. The maximum atomic E-state index is 5.31. The van der Waals surface area contributed by atoms with Crippen molar-refractivity contribution in [3.8, 4) is 5.69 Å². The van der Waals surface area contributed by atoms with E-state index in [0.29, 0.717) is 0 Å². The molecule has 1 aromatic carbocycles. The van der Waals surface area contributed by atoms with E-state index in [4.69, 9.17) is 11.5 Å². The van der Waals surface area contributed by atoms with Gasteiger partial charge < -0.3 is 16.0 Å². The summed E-state index contributed by atoms with van der Waals surface area (Å²) in [5.74, 6) is -0.0152. The van der Waals surface area contributed by atoms with E-state index in [1.54, 1.807) is 0 Å². The number of likely N-dealkylation sites (tertiary alicyclic amines) is 1. The zero-order valence-electron chi connectivity index (χ0n) is 13.3. The molecule has 4 N–H and O–H groups in total. The molecular weight excluding hydrogens is 368 g/mol. The smallest absolute Gasteiger partial charge is 0.211 e. The number of guanidine groups is 1. The van der Waals surface area contributed by atoms with Gasteiger partial charge in [-0.1, -0.05) is 12.1 Å². The van der Waals surface area contributed by atoms with E-state index >= 15 is 0 Å². The number of benzene rings is 1. The molecular formula is C17H21BrN6. The molecule has 0 bridgehead atoms. The Hall–Kier alpha value is -2.12. The molecule has 3 rings (SSSR count). The van der Waals surface area contributed by atoms with Gasteiger partial charge in [-0.15, -0.1) is 5.10 Å². The number of aromatic nitrogens is 1. The van der Waals surface area contributed by atoms with Crippen LogP contribution in [0.3, 0.4) is 0 Å². The summed E-state index contributed by atoms with van der Waals surface area (Å²) in [7, 11) is 0. The Morgan fingerprint density at radius 2 is 2.08 bits per heavy atom. The molecule has 2 aromatic rings. The van der Waals surface area contributed by atoms with Gasteiger partial charge in [0.1, 0.15) is 0 Å². The first-order chi connectivity index (χ1) is 11.6. The van der Waals surface area contributed by atoms with Gasteiger partial charge in [0.25, 0.3) is 0 Å². The van der Waals surface area contributed by atoms with Crippen LogP contribution in [0.4, 0.5) is 0 Å². The first-order valence-electron chi connectivity index (χ1n) is 7.92. The van der Waals surface area contributed by atoms with Crippen LogP contribution in [-0.4, -0.2) is 34.2 Å². The molecule has 0 aliphatic carbocycles. The number of para-hydroxylation sites is 1. The Morgan fingerprint density at radius 1 is 1.25 bits per heavy atom. The molecule has 1 unspecified atom stereocenters. The van der Waals surface area contributed by atoms with Gasteiger partial charge in [0.2, 0.25) is 5.96 Å². The maximum absolute atomic E-state index is 5.31. The van der Waals surface area contributed by atoms with E-state index < -0.39 is 0 Å². The van der Waals surface area contributed by atoms with Crippen molar-refractivity contribution < 1.29 is 0 Å². The van der Waals surface area contributed by atoms with Gasteiger partial charge in [-0.3, -0.25) is 4.90 Å². The molecule has 126 valence electrons. The Bertz CT molecular complexity index is 747. The lowest BCUT2D eigenvalue weighted by Gasteiger charge is -2.22. The summed E-state index contributed by atoms with van der Waals surface area (Å²) in [6, 6.07) is 12.7. The summed E-state index contributed by atoms with van der Waals surface area (Å²) in [6.45, 7) is 1.90. The summed E-state index contributed by atoms with van der Waals surface area (Å²) >= 11 is 3.63. The molecule has 24 heavy (non-hydrogen) atoms. The molecule has 0 spiro atoms. The number of hydrogen-bond donors (Lipinski definition) is 2. The van der Waals surface area contributed by atoms with Gasteiger partial charge in [-0.05, 0) is 59.6 Å². The highest BCUT2D eigenvalue weighted by atomic mass is 79.9. The van der Waals surface area contributed by atoms with Crippen molar-refractivity contribution in [1.29, 1.82) is 0 Å². The van der Waals surface area contributed by atoms with E-state index in [2.05, 4.69) is 66.1 Å². The van der Waals surface area contributed by atoms with E-state index in [9.17, 15) is 0 Å². The minimum absolute atomic E-state index is 0.0152. The lowest BCUT2D eigenvalue weighted by atomic mass is 10.2. The van der Waals surface area contributed by atoms with Crippen molar-refractivity contribution in [1.82, 2.24) is 9.47 Å². The zero-order chi connectivity index (χ0) is 16.9. The first kappa shape index (κ1) is 16.7. The number of hydrogen-bond acceptors (Lipinski definition) is 3. The van der Waals surface area contributed by atoms with Crippen molar-refractivity contribution >= 4 is 28.1 Å². The van der Waals surface area contributed by atoms with Crippen LogP contribution in [-0.2, 0) is 6.54 Å². The maximum Gasteiger partial charge on any atom is 0.211 e. The van der Waals surface area contributed by atoms with Gasteiger partial charge >= 0.3 is 0 Å². The topological polar surface area (TPSA) is 84.9 Å². The fourth-order valence-corrected chi connectivity index (χ4v) is 3.51. The van der Waals surface area contributed by atoms with Gasteiger partial charge in [-0.2, -0.15) is 5.10 Å². The molecule has 1 aromatic heterocycles. The summed E-state index contributed by atoms with van der Waals surface area (Å²) < 4.78 is 3.29. The molecule has 6 nitrogen and oxygen atoms in total. The Kier molecular flexibility index (Phi) is 5.32. The predicted octanol–water partition coefficient (Wildman–Crippen LogP) is 2.46. The monoisotopic (exact) mass is 388 g/mol. The molecule has 1 atom stereocenters. The van der Waals surface area contributed by atoms with Crippen LogP contribution in [0.2, 0.25) is 0 Å². The molecule has 2 heterocycles. The van der Waals surface area contributed by atoms with Gasteiger partial charge in [0.05, 0.1) is 5.69 Å². The third-order valence-corrected chi connectivity index (χ3v) is 4.81. The lowest BCUT2D eigenvalue weighted by molar-refractivity contribution is 0.292. The van der Waals surface area contributed by atoms with Crippen LogP contribution in [0.25, 0.3) is 5.69 Å². The highest BCUT2D eigenvalue weighted by Gasteiger charge is 2.24. The van der Waals surface area contributed by atoms with Crippen molar-refractivity contribution in [2.24, 2.45) is 21.7 Å².